The summed E-state index contributed by atoms with van der Waals surface area (Å²) in [6, 6.07) is 18.5. The first-order valence-corrected chi connectivity index (χ1v) is 12.3. The Bertz CT molecular complexity index is 1320. The number of amides is 2. The zero-order valence-corrected chi connectivity index (χ0v) is 19.8. The van der Waals surface area contributed by atoms with Crippen molar-refractivity contribution < 1.29 is 18.0 Å². The molecule has 9 heteroatoms. The monoisotopic (exact) mass is 478 g/mol. The number of benzene rings is 3. The zero-order valence-electron chi connectivity index (χ0n) is 19.0. The van der Waals surface area contributed by atoms with Crippen molar-refractivity contribution in [2.24, 2.45) is 0 Å². The average Bonchev–Trinajstić information content (AvgIpc) is 2.81. The molecule has 1 heterocycles. The van der Waals surface area contributed by atoms with Gasteiger partial charge >= 0.3 is 0 Å². The molecule has 0 bridgehead atoms. The van der Waals surface area contributed by atoms with Gasteiger partial charge in [-0.2, -0.15) is 0 Å². The minimum atomic E-state index is -3.73. The molecule has 1 aliphatic rings. The molecule has 3 N–H and O–H groups in total. The quantitative estimate of drug-likeness (QED) is 0.504. The fraction of sp³-hybridized carbons (Fsp3) is 0.200. The summed E-state index contributed by atoms with van der Waals surface area (Å²) in [5.74, 6) is -0.322. The standard InChI is InChI=1S/C25H26N4O4S/c1-17-3-12-23(15-18(17)2)34(32,33)28-21-6-4-19(5-7-21)25(31)27-20-8-10-22(11-9-20)29-14-13-26-24(30)16-29/h3-12,15,28H,13-14,16H2,1-2H3,(H,26,30)(H,27,31). The second-order valence-electron chi connectivity index (χ2n) is 8.20. The number of sulfonamides is 1. The van der Waals surface area contributed by atoms with Crippen LogP contribution >= 0.6 is 0 Å². The number of rotatable bonds is 6. The Morgan fingerprint density at radius 2 is 1.59 bits per heavy atom. The molecule has 3 aromatic rings. The minimum Gasteiger partial charge on any atom is -0.360 e. The smallest absolute Gasteiger partial charge is 0.261 e. The lowest BCUT2D eigenvalue weighted by atomic mass is 10.1. The Kier molecular flexibility index (Phi) is 6.56. The molecular weight excluding hydrogens is 452 g/mol. The summed E-state index contributed by atoms with van der Waals surface area (Å²) in [4.78, 5) is 26.3. The largest absolute Gasteiger partial charge is 0.360 e. The van der Waals surface area contributed by atoms with Crippen molar-refractivity contribution in [2.75, 3.05) is 34.6 Å². The second kappa shape index (κ2) is 9.56. The molecule has 0 spiro atoms. The minimum absolute atomic E-state index is 0.0108. The van der Waals surface area contributed by atoms with Crippen LogP contribution in [0.5, 0.6) is 0 Å². The van der Waals surface area contributed by atoms with Crippen LogP contribution in [0, 0.1) is 13.8 Å². The summed E-state index contributed by atoms with van der Waals surface area (Å²) in [7, 11) is -3.73. The van der Waals surface area contributed by atoms with E-state index in [0.717, 1.165) is 23.4 Å². The fourth-order valence-electron chi connectivity index (χ4n) is 3.60. The summed E-state index contributed by atoms with van der Waals surface area (Å²) in [6.45, 7) is 5.43. The van der Waals surface area contributed by atoms with Crippen LogP contribution in [0.2, 0.25) is 0 Å². The van der Waals surface area contributed by atoms with Crippen LogP contribution < -0.4 is 20.3 Å². The van der Waals surface area contributed by atoms with Crippen molar-refractivity contribution in [3.05, 3.63) is 83.4 Å². The molecule has 34 heavy (non-hydrogen) atoms. The average molecular weight is 479 g/mol. The Balaban J connectivity index is 1.39. The molecule has 1 saturated heterocycles. The van der Waals surface area contributed by atoms with Gasteiger partial charge in [-0.15, -0.1) is 0 Å². The highest BCUT2D eigenvalue weighted by Gasteiger charge is 2.17. The van der Waals surface area contributed by atoms with Crippen molar-refractivity contribution in [2.45, 2.75) is 18.7 Å². The molecule has 3 aromatic carbocycles. The van der Waals surface area contributed by atoms with Gasteiger partial charge in [0.1, 0.15) is 0 Å². The molecule has 2 amide bonds. The fourth-order valence-corrected chi connectivity index (χ4v) is 4.75. The van der Waals surface area contributed by atoms with Crippen LogP contribution in [-0.4, -0.2) is 39.9 Å². The van der Waals surface area contributed by atoms with E-state index in [1.807, 2.05) is 30.9 Å². The summed E-state index contributed by atoms with van der Waals surface area (Å²) >= 11 is 0. The van der Waals surface area contributed by atoms with Crippen LogP contribution in [0.4, 0.5) is 17.1 Å². The number of nitrogens with one attached hydrogen (secondary N) is 3. The third kappa shape index (κ3) is 5.37. The van der Waals surface area contributed by atoms with Crippen LogP contribution in [-0.2, 0) is 14.8 Å². The first-order chi connectivity index (χ1) is 16.2. The third-order valence-corrected chi connectivity index (χ3v) is 7.10. The maximum Gasteiger partial charge on any atom is 0.261 e. The van der Waals surface area contributed by atoms with E-state index in [-0.39, 0.29) is 16.7 Å². The molecule has 0 saturated carbocycles. The molecule has 0 atom stereocenters. The van der Waals surface area contributed by atoms with Gasteiger partial charge in [0.15, 0.2) is 0 Å². The number of carbonyl (C=O) groups is 2. The van der Waals surface area contributed by atoms with Crippen molar-refractivity contribution in [1.82, 2.24) is 5.32 Å². The number of nitrogens with zero attached hydrogens (tertiary/aromatic N) is 1. The Morgan fingerprint density at radius 3 is 2.24 bits per heavy atom. The molecular formula is C25H26N4O4S. The lowest BCUT2D eigenvalue weighted by Crippen LogP contribution is -2.47. The maximum absolute atomic E-state index is 12.7. The summed E-state index contributed by atoms with van der Waals surface area (Å²) in [5, 5.41) is 5.62. The predicted molar refractivity (Wildman–Crippen MR) is 133 cm³/mol. The van der Waals surface area contributed by atoms with E-state index < -0.39 is 10.0 Å². The SMILES string of the molecule is Cc1ccc(S(=O)(=O)Nc2ccc(C(=O)Nc3ccc(N4CCNC(=O)C4)cc3)cc2)cc1C. The summed E-state index contributed by atoms with van der Waals surface area (Å²) in [6.07, 6.45) is 0. The first-order valence-electron chi connectivity index (χ1n) is 10.8. The van der Waals surface area contributed by atoms with Crippen molar-refractivity contribution in [3.63, 3.8) is 0 Å². The number of piperazine rings is 1. The van der Waals surface area contributed by atoms with E-state index in [1.165, 1.54) is 0 Å². The van der Waals surface area contributed by atoms with Crippen LogP contribution in [0.25, 0.3) is 0 Å². The van der Waals surface area contributed by atoms with Gasteiger partial charge in [0.2, 0.25) is 5.91 Å². The van der Waals surface area contributed by atoms with Gasteiger partial charge in [-0.1, -0.05) is 6.07 Å². The molecule has 8 nitrogen and oxygen atoms in total. The molecule has 176 valence electrons. The molecule has 4 rings (SSSR count). The van der Waals surface area contributed by atoms with Gasteiger partial charge in [0.05, 0.1) is 11.4 Å². The van der Waals surface area contributed by atoms with E-state index in [2.05, 4.69) is 15.4 Å². The van der Waals surface area contributed by atoms with Gasteiger partial charge in [0, 0.05) is 35.7 Å². The van der Waals surface area contributed by atoms with E-state index >= 15 is 0 Å². The van der Waals surface area contributed by atoms with Gasteiger partial charge in [-0.3, -0.25) is 14.3 Å². The van der Waals surface area contributed by atoms with Gasteiger partial charge in [0.25, 0.3) is 15.9 Å². The second-order valence-corrected chi connectivity index (χ2v) is 9.88. The highest BCUT2D eigenvalue weighted by molar-refractivity contribution is 7.92. The lowest BCUT2D eigenvalue weighted by molar-refractivity contribution is -0.120. The normalized spacial score (nSPS) is 13.8. The van der Waals surface area contributed by atoms with E-state index in [4.69, 9.17) is 0 Å². The number of aryl methyl sites for hydroxylation is 2. The van der Waals surface area contributed by atoms with Crippen LogP contribution in [0.3, 0.4) is 0 Å². The van der Waals surface area contributed by atoms with E-state index in [0.29, 0.717) is 30.0 Å². The Labute approximate surface area is 199 Å². The van der Waals surface area contributed by atoms with Crippen molar-refractivity contribution in [3.8, 4) is 0 Å². The first kappa shape index (κ1) is 23.3. The molecule has 1 aliphatic heterocycles. The molecule has 0 unspecified atom stereocenters. The molecule has 1 fully saturated rings. The lowest BCUT2D eigenvalue weighted by Gasteiger charge is -2.28. The summed E-state index contributed by atoms with van der Waals surface area (Å²) in [5.41, 5.74) is 4.20. The van der Waals surface area contributed by atoms with Gasteiger partial charge in [-0.25, -0.2) is 8.42 Å². The number of anilines is 3. The Hall–Kier alpha value is -3.85. The number of hydrogen-bond donors (Lipinski definition) is 3. The molecule has 0 aliphatic carbocycles. The predicted octanol–water partition coefficient (Wildman–Crippen LogP) is 3.29. The van der Waals surface area contributed by atoms with Crippen LogP contribution in [0.1, 0.15) is 21.5 Å². The molecule has 0 aromatic heterocycles. The van der Waals surface area contributed by atoms with Gasteiger partial charge in [-0.05, 0) is 85.6 Å². The van der Waals surface area contributed by atoms with E-state index in [1.54, 1.807) is 54.6 Å². The zero-order chi connectivity index (χ0) is 24.3. The van der Waals surface area contributed by atoms with Gasteiger partial charge < -0.3 is 15.5 Å². The van der Waals surface area contributed by atoms with Crippen molar-refractivity contribution in [1.29, 1.82) is 0 Å². The summed E-state index contributed by atoms with van der Waals surface area (Å²) < 4.78 is 27.9. The maximum atomic E-state index is 12.7. The topological polar surface area (TPSA) is 108 Å². The molecule has 0 radical (unpaired) electrons. The third-order valence-electron chi connectivity index (χ3n) is 5.72. The highest BCUT2D eigenvalue weighted by Crippen LogP contribution is 2.21. The number of hydrogen-bond acceptors (Lipinski definition) is 5. The highest BCUT2D eigenvalue weighted by atomic mass is 32.2. The van der Waals surface area contributed by atoms with E-state index in [9.17, 15) is 18.0 Å². The Morgan fingerprint density at radius 1 is 0.912 bits per heavy atom. The van der Waals surface area contributed by atoms with Crippen molar-refractivity contribution >= 4 is 38.9 Å². The van der Waals surface area contributed by atoms with Crippen LogP contribution in [0.15, 0.2) is 71.6 Å². The number of carbonyl (C=O) groups excluding carboxylic acids is 2.